The van der Waals surface area contributed by atoms with Gasteiger partial charge in [-0.05, 0) is 30.7 Å². The molecule has 9 heteroatoms. The zero-order valence-electron chi connectivity index (χ0n) is 17.8. The number of nitrogens with two attached hydrogens (primary N) is 1. The van der Waals surface area contributed by atoms with Gasteiger partial charge in [0.05, 0.1) is 5.92 Å². The molecular weight excluding hydrogens is 404 g/mol. The molecule has 0 spiro atoms. The van der Waals surface area contributed by atoms with Crippen LogP contribution in [0.15, 0.2) is 65.2 Å². The fraction of sp³-hybridized carbons (Fsp3) is 0.261. The topological polar surface area (TPSA) is 110 Å². The van der Waals surface area contributed by atoms with Crippen molar-refractivity contribution in [1.82, 2.24) is 30.0 Å². The molecule has 9 nitrogen and oxygen atoms in total. The number of nitrogen functional groups attached to an aromatic ring is 1. The Morgan fingerprint density at radius 3 is 2.50 bits per heavy atom. The molecule has 162 valence electrons. The van der Waals surface area contributed by atoms with Crippen LogP contribution in [0, 0.1) is 0 Å². The second-order valence-corrected chi connectivity index (χ2v) is 7.87. The molecule has 2 aromatic heterocycles. The number of aromatic nitrogens is 5. The van der Waals surface area contributed by atoms with Gasteiger partial charge in [0.2, 0.25) is 29.4 Å². The monoisotopic (exact) mass is 428 g/mol. The second kappa shape index (κ2) is 8.72. The molecule has 1 unspecified atom stereocenters. The lowest BCUT2D eigenvalue weighted by molar-refractivity contribution is 0.309. The molecule has 1 aliphatic rings. The molecule has 32 heavy (non-hydrogen) atoms. The highest BCUT2D eigenvalue weighted by Gasteiger charge is 2.29. The van der Waals surface area contributed by atoms with E-state index in [-0.39, 0.29) is 11.9 Å². The fourth-order valence-corrected chi connectivity index (χ4v) is 3.91. The quantitative estimate of drug-likeness (QED) is 0.495. The summed E-state index contributed by atoms with van der Waals surface area (Å²) in [7, 11) is 1.87. The van der Waals surface area contributed by atoms with Crippen molar-refractivity contribution in [2.45, 2.75) is 18.9 Å². The number of nitrogens with zero attached hydrogens (tertiary/aromatic N) is 7. The second-order valence-electron chi connectivity index (χ2n) is 7.87. The van der Waals surface area contributed by atoms with E-state index in [4.69, 9.17) is 10.3 Å². The Bertz CT molecular complexity index is 1180. The van der Waals surface area contributed by atoms with E-state index < -0.39 is 0 Å². The molecule has 1 atom stereocenters. The van der Waals surface area contributed by atoms with Gasteiger partial charge in [-0.25, -0.2) is 0 Å². The molecule has 0 aliphatic carbocycles. The molecule has 0 radical (unpaired) electrons. The molecule has 3 heterocycles. The average Bonchev–Trinajstić information content (AvgIpc) is 3.49. The Hall–Kier alpha value is -3.85. The maximum absolute atomic E-state index is 5.95. The lowest BCUT2D eigenvalue weighted by Gasteiger charge is -2.17. The summed E-state index contributed by atoms with van der Waals surface area (Å²) in [5, 5.41) is 4.12. The highest BCUT2D eigenvalue weighted by molar-refractivity contribution is 5.58. The molecule has 0 bridgehead atoms. The van der Waals surface area contributed by atoms with Crippen LogP contribution in [0.25, 0.3) is 11.6 Å². The standard InChI is InChI=1S/C23H24N8O/c1-30(18-10-6-3-7-11-18)23-27-19(26-22(24)28-23)20-25-21(32-29-20)17-12-13-31(15-17)14-16-8-4-2-5-9-16/h2-11,17H,12-15H2,1H3,(H2,24,26,27,28). The van der Waals surface area contributed by atoms with Gasteiger partial charge in [0.15, 0.2) is 0 Å². The summed E-state index contributed by atoms with van der Waals surface area (Å²) >= 11 is 0. The van der Waals surface area contributed by atoms with E-state index in [1.165, 1.54) is 5.56 Å². The number of anilines is 3. The minimum Gasteiger partial charge on any atom is -0.368 e. The van der Waals surface area contributed by atoms with Crippen LogP contribution < -0.4 is 10.6 Å². The van der Waals surface area contributed by atoms with E-state index in [0.717, 1.165) is 31.7 Å². The SMILES string of the molecule is CN(c1ccccc1)c1nc(N)nc(-c2noc(C3CCN(Cc4ccccc4)C3)n2)n1. The van der Waals surface area contributed by atoms with Crippen molar-refractivity contribution in [3.8, 4) is 11.6 Å². The minimum atomic E-state index is 0.106. The summed E-state index contributed by atoms with van der Waals surface area (Å²) in [6.45, 7) is 2.78. The van der Waals surface area contributed by atoms with Crippen molar-refractivity contribution in [3.05, 3.63) is 72.1 Å². The van der Waals surface area contributed by atoms with Crippen LogP contribution in [-0.2, 0) is 6.54 Å². The van der Waals surface area contributed by atoms with E-state index in [2.05, 4.69) is 54.3 Å². The van der Waals surface area contributed by atoms with Gasteiger partial charge in [0, 0.05) is 25.8 Å². The van der Waals surface area contributed by atoms with Crippen molar-refractivity contribution in [2.75, 3.05) is 30.8 Å². The molecule has 1 fully saturated rings. The maximum Gasteiger partial charge on any atom is 0.240 e. The van der Waals surface area contributed by atoms with Gasteiger partial charge in [-0.3, -0.25) is 4.90 Å². The molecule has 2 aromatic carbocycles. The van der Waals surface area contributed by atoms with Gasteiger partial charge >= 0.3 is 0 Å². The van der Waals surface area contributed by atoms with Crippen molar-refractivity contribution < 1.29 is 4.52 Å². The van der Waals surface area contributed by atoms with Crippen LogP contribution >= 0.6 is 0 Å². The molecule has 5 rings (SSSR count). The molecule has 4 aromatic rings. The van der Waals surface area contributed by atoms with E-state index in [0.29, 0.717) is 23.5 Å². The maximum atomic E-state index is 5.95. The molecule has 0 amide bonds. The van der Waals surface area contributed by atoms with Crippen molar-refractivity contribution in [1.29, 1.82) is 0 Å². The van der Waals surface area contributed by atoms with Crippen LogP contribution in [0.3, 0.4) is 0 Å². The molecular formula is C23H24N8O. The normalized spacial score (nSPS) is 16.3. The van der Waals surface area contributed by atoms with Crippen molar-refractivity contribution in [2.24, 2.45) is 0 Å². The highest BCUT2D eigenvalue weighted by Crippen LogP contribution is 2.29. The lowest BCUT2D eigenvalue weighted by atomic mass is 10.1. The van der Waals surface area contributed by atoms with Crippen molar-refractivity contribution >= 4 is 17.6 Å². The lowest BCUT2D eigenvalue weighted by Crippen LogP contribution is -2.19. The Kier molecular flexibility index (Phi) is 5.47. The summed E-state index contributed by atoms with van der Waals surface area (Å²) in [6, 6.07) is 20.2. The summed E-state index contributed by atoms with van der Waals surface area (Å²) in [5.74, 6) is 1.93. The van der Waals surface area contributed by atoms with Crippen LogP contribution in [-0.4, -0.2) is 50.1 Å². The fourth-order valence-electron chi connectivity index (χ4n) is 3.91. The summed E-state index contributed by atoms with van der Waals surface area (Å²) in [6.07, 6.45) is 0.968. The zero-order chi connectivity index (χ0) is 21.9. The first kappa shape index (κ1) is 20.1. The van der Waals surface area contributed by atoms with Crippen LogP contribution in [0.2, 0.25) is 0 Å². The number of para-hydroxylation sites is 1. The number of hydrogen-bond donors (Lipinski definition) is 1. The molecule has 0 saturated carbocycles. The predicted molar refractivity (Wildman–Crippen MR) is 121 cm³/mol. The third-order valence-electron chi connectivity index (χ3n) is 5.60. The van der Waals surface area contributed by atoms with Crippen LogP contribution in [0.5, 0.6) is 0 Å². The van der Waals surface area contributed by atoms with E-state index in [1.54, 1.807) is 0 Å². The van der Waals surface area contributed by atoms with Gasteiger partial charge in [-0.2, -0.15) is 19.9 Å². The Morgan fingerprint density at radius 2 is 1.72 bits per heavy atom. The van der Waals surface area contributed by atoms with Crippen LogP contribution in [0.1, 0.15) is 23.8 Å². The molecule has 1 aliphatic heterocycles. The third kappa shape index (κ3) is 4.28. The number of rotatable bonds is 6. The van der Waals surface area contributed by atoms with E-state index in [1.807, 2.05) is 48.3 Å². The first-order valence-electron chi connectivity index (χ1n) is 10.6. The molecule has 1 saturated heterocycles. The van der Waals surface area contributed by atoms with Gasteiger partial charge in [-0.15, -0.1) is 0 Å². The first-order chi connectivity index (χ1) is 15.7. The average molecular weight is 429 g/mol. The Morgan fingerprint density at radius 1 is 0.969 bits per heavy atom. The number of likely N-dealkylation sites (tertiary alicyclic amines) is 1. The number of benzene rings is 2. The van der Waals surface area contributed by atoms with E-state index >= 15 is 0 Å². The molecule has 2 N–H and O–H groups in total. The highest BCUT2D eigenvalue weighted by atomic mass is 16.5. The smallest absolute Gasteiger partial charge is 0.240 e. The van der Waals surface area contributed by atoms with Gasteiger partial charge in [0.1, 0.15) is 0 Å². The number of hydrogen-bond acceptors (Lipinski definition) is 9. The third-order valence-corrected chi connectivity index (χ3v) is 5.60. The predicted octanol–water partition coefficient (Wildman–Crippen LogP) is 3.26. The van der Waals surface area contributed by atoms with Gasteiger partial charge in [0.25, 0.3) is 0 Å². The summed E-state index contributed by atoms with van der Waals surface area (Å²) < 4.78 is 5.58. The largest absolute Gasteiger partial charge is 0.368 e. The summed E-state index contributed by atoms with van der Waals surface area (Å²) in [4.78, 5) is 21.8. The zero-order valence-corrected chi connectivity index (χ0v) is 17.8. The van der Waals surface area contributed by atoms with Crippen LogP contribution in [0.4, 0.5) is 17.6 Å². The Balaban J connectivity index is 1.32. The summed E-state index contributed by atoms with van der Waals surface area (Å²) in [5.41, 5.74) is 8.19. The van der Waals surface area contributed by atoms with Gasteiger partial charge in [-0.1, -0.05) is 53.7 Å². The van der Waals surface area contributed by atoms with Gasteiger partial charge < -0.3 is 15.2 Å². The van der Waals surface area contributed by atoms with E-state index in [9.17, 15) is 0 Å². The Labute approximate surface area is 185 Å². The minimum absolute atomic E-state index is 0.106. The van der Waals surface area contributed by atoms with Crippen molar-refractivity contribution in [3.63, 3.8) is 0 Å². The first-order valence-corrected chi connectivity index (χ1v) is 10.6.